The van der Waals surface area contributed by atoms with Crippen LogP contribution in [0.5, 0.6) is 5.75 Å². The molecule has 4 aliphatic rings. The van der Waals surface area contributed by atoms with Crippen LogP contribution in [0.3, 0.4) is 0 Å². The number of nitrogens with zero attached hydrogens (tertiary/aromatic N) is 5. The molecule has 3 aromatic rings. The zero-order valence-corrected chi connectivity index (χ0v) is 29.9. The monoisotopic (exact) mass is 707 g/mol. The average molecular weight is 708 g/mol. The maximum atomic E-state index is 13.3. The molecule has 2 fully saturated rings. The van der Waals surface area contributed by atoms with Gasteiger partial charge in [0.25, 0.3) is 5.91 Å². The van der Waals surface area contributed by atoms with E-state index < -0.39 is 11.9 Å². The first-order valence-corrected chi connectivity index (χ1v) is 18.3. The highest BCUT2D eigenvalue weighted by atomic mass is 16.5. The van der Waals surface area contributed by atoms with Gasteiger partial charge >= 0.3 is 0 Å². The normalized spacial score (nSPS) is 20.2. The number of imide groups is 1. The molecule has 0 spiro atoms. The number of hydrogen-bond acceptors (Lipinski definition) is 10. The summed E-state index contributed by atoms with van der Waals surface area (Å²) in [5.74, 6) is 1.10. The summed E-state index contributed by atoms with van der Waals surface area (Å²) < 4.78 is 5.73. The number of hydrogen-bond donors (Lipinski definition) is 2. The zero-order valence-electron chi connectivity index (χ0n) is 29.9. The van der Waals surface area contributed by atoms with Gasteiger partial charge in [0.05, 0.1) is 13.3 Å². The molecule has 0 bridgehead atoms. The third-order valence-electron chi connectivity index (χ3n) is 10.9. The van der Waals surface area contributed by atoms with Gasteiger partial charge < -0.3 is 24.8 Å². The Morgan fingerprint density at radius 2 is 1.88 bits per heavy atom. The predicted octanol–water partition coefficient (Wildman–Crippen LogP) is 4.42. The summed E-state index contributed by atoms with van der Waals surface area (Å²) in [5, 5.41) is 5.71. The van der Waals surface area contributed by atoms with Crippen LogP contribution >= 0.6 is 0 Å². The van der Waals surface area contributed by atoms with Gasteiger partial charge in [-0.05, 0) is 50.3 Å². The highest BCUT2D eigenvalue weighted by Gasteiger charge is 2.42. The Morgan fingerprint density at radius 3 is 2.63 bits per heavy atom. The number of ether oxygens (including phenoxy) is 1. The van der Waals surface area contributed by atoms with Gasteiger partial charge in [0.1, 0.15) is 29.3 Å². The molecule has 13 nitrogen and oxygen atoms in total. The lowest BCUT2D eigenvalue weighted by atomic mass is 10.0. The number of anilines is 3. The third kappa shape index (κ3) is 6.59. The van der Waals surface area contributed by atoms with E-state index in [-0.39, 0.29) is 48.6 Å². The minimum absolute atomic E-state index is 0.0142. The molecule has 1 saturated heterocycles. The smallest absolute Gasteiger partial charge is 0.255 e. The van der Waals surface area contributed by atoms with E-state index in [0.717, 1.165) is 54.0 Å². The molecule has 7 rings (SSSR count). The number of ketones is 1. The van der Waals surface area contributed by atoms with Crippen LogP contribution in [0.1, 0.15) is 102 Å². The van der Waals surface area contributed by atoms with Crippen LogP contribution in [0.4, 0.5) is 17.2 Å². The Morgan fingerprint density at radius 1 is 1.08 bits per heavy atom. The van der Waals surface area contributed by atoms with Gasteiger partial charge in [-0.15, -0.1) is 0 Å². The van der Waals surface area contributed by atoms with Crippen LogP contribution in [-0.2, 0) is 27.3 Å². The van der Waals surface area contributed by atoms with Crippen LogP contribution in [0.15, 0.2) is 42.6 Å². The van der Waals surface area contributed by atoms with E-state index in [1.165, 1.54) is 4.90 Å². The van der Waals surface area contributed by atoms with E-state index in [1.807, 2.05) is 25.1 Å². The first-order chi connectivity index (χ1) is 25.2. The predicted molar refractivity (Wildman–Crippen MR) is 195 cm³/mol. The van der Waals surface area contributed by atoms with E-state index in [9.17, 15) is 24.0 Å². The lowest BCUT2D eigenvalue weighted by molar-refractivity contribution is -0.137. The van der Waals surface area contributed by atoms with Crippen molar-refractivity contribution in [2.75, 3.05) is 35.8 Å². The molecule has 0 radical (unpaired) electrons. The zero-order chi connectivity index (χ0) is 36.5. The fraction of sp³-hybridized carbons (Fsp3) is 0.462. The minimum Gasteiger partial charge on any atom is -0.496 e. The van der Waals surface area contributed by atoms with E-state index in [2.05, 4.69) is 20.5 Å². The summed E-state index contributed by atoms with van der Waals surface area (Å²) in [4.78, 5) is 78.9. The van der Waals surface area contributed by atoms with Crippen molar-refractivity contribution in [2.24, 2.45) is 0 Å². The van der Waals surface area contributed by atoms with Crippen molar-refractivity contribution in [3.63, 3.8) is 0 Å². The number of benzene rings is 2. The van der Waals surface area contributed by atoms with Crippen LogP contribution < -0.4 is 25.2 Å². The summed E-state index contributed by atoms with van der Waals surface area (Å²) in [6.07, 6.45) is 8.64. The number of rotatable bonds is 12. The Hall–Kier alpha value is -5.33. The van der Waals surface area contributed by atoms with Crippen LogP contribution in [-0.4, -0.2) is 83.1 Å². The first kappa shape index (κ1) is 35.1. The molecule has 1 aliphatic carbocycles. The molecular formula is C39H45N7O6. The molecule has 52 heavy (non-hydrogen) atoms. The molecule has 2 atom stereocenters. The summed E-state index contributed by atoms with van der Waals surface area (Å²) in [7, 11) is 3.38. The Bertz CT molecular complexity index is 1920. The molecule has 1 aromatic heterocycles. The molecule has 13 heteroatoms. The second kappa shape index (κ2) is 14.7. The van der Waals surface area contributed by atoms with Gasteiger partial charge in [-0.3, -0.25) is 29.3 Å². The number of aromatic nitrogens is 2. The number of carbonyl (C=O) groups excluding carboxylic acids is 5. The van der Waals surface area contributed by atoms with Crippen molar-refractivity contribution in [3.05, 3.63) is 70.7 Å². The summed E-state index contributed by atoms with van der Waals surface area (Å²) in [5.41, 5.74) is 4.28. The molecule has 4 heterocycles. The van der Waals surface area contributed by atoms with Crippen molar-refractivity contribution in [1.29, 1.82) is 0 Å². The summed E-state index contributed by atoms with van der Waals surface area (Å²) in [6, 6.07) is 10.3. The number of Topliss-reactive ketones (excluding diaryl/α,β-unsaturated/α-hetero) is 1. The maximum absolute atomic E-state index is 13.3. The molecule has 2 aromatic carbocycles. The number of methoxy groups -OCH3 is 1. The second-order valence-corrected chi connectivity index (χ2v) is 14.1. The van der Waals surface area contributed by atoms with Crippen molar-refractivity contribution >= 4 is 46.6 Å². The average Bonchev–Trinajstić information content (AvgIpc) is 3.80. The second-order valence-electron chi connectivity index (χ2n) is 14.1. The number of amides is 4. The fourth-order valence-electron chi connectivity index (χ4n) is 8.11. The third-order valence-corrected chi connectivity index (χ3v) is 10.9. The topological polar surface area (TPSA) is 154 Å². The van der Waals surface area contributed by atoms with E-state index in [0.29, 0.717) is 61.3 Å². The van der Waals surface area contributed by atoms with Gasteiger partial charge in [0, 0.05) is 73.4 Å². The molecule has 2 N–H and O–H groups in total. The van der Waals surface area contributed by atoms with Crippen molar-refractivity contribution in [2.45, 2.75) is 95.8 Å². The number of fused-ring (bicyclic) bond motifs is 2. The van der Waals surface area contributed by atoms with Crippen LogP contribution in [0, 0.1) is 0 Å². The molecule has 4 amide bonds. The van der Waals surface area contributed by atoms with Gasteiger partial charge in [0.15, 0.2) is 11.6 Å². The Kier molecular flexibility index (Phi) is 9.94. The van der Waals surface area contributed by atoms with Gasteiger partial charge in [-0.1, -0.05) is 38.0 Å². The Labute approximate surface area is 303 Å². The van der Waals surface area contributed by atoms with Gasteiger partial charge in [-0.2, -0.15) is 0 Å². The molecule has 1 saturated carbocycles. The molecule has 1 unspecified atom stereocenters. The lowest BCUT2D eigenvalue weighted by Gasteiger charge is -2.43. The standard InChI is InChI=1S/C39H45N7O6/c1-4-29-39(51)44(2)31-21-41-34(42-36(31)46(29)25-9-5-6-10-25)20-24-15-14-23(19-33(24)52-3)32(47)13-8-18-40-28-12-7-11-26-27(28)22-45(38(26)50)30-16-17-35(48)43-37(30)49/h7,11-12,14-15,19,21,25,29-30,40H,4-6,8-10,13,16-18,20,22H2,1-3H3,(H,43,48,49)/t29-,30?/m1/s1. The Balaban J connectivity index is 0.983. The van der Waals surface area contributed by atoms with Crippen molar-refractivity contribution < 1.29 is 28.7 Å². The van der Waals surface area contributed by atoms with Crippen molar-refractivity contribution in [3.8, 4) is 5.75 Å². The summed E-state index contributed by atoms with van der Waals surface area (Å²) in [6.45, 7) is 2.84. The number of carbonyl (C=O) groups is 5. The largest absolute Gasteiger partial charge is 0.496 e. The maximum Gasteiger partial charge on any atom is 0.255 e. The van der Waals surface area contributed by atoms with Crippen molar-refractivity contribution in [1.82, 2.24) is 20.2 Å². The number of likely N-dealkylation sites (N-methyl/N-ethyl adjacent to an activating group) is 1. The number of nitrogens with one attached hydrogen (secondary N) is 2. The highest BCUT2D eigenvalue weighted by molar-refractivity contribution is 6.06. The van der Waals surface area contributed by atoms with Gasteiger partial charge in [0.2, 0.25) is 17.7 Å². The van der Waals surface area contributed by atoms with Crippen LogP contribution in [0.25, 0.3) is 0 Å². The number of piperidine rings is 1. The molecule has 272 valence electrons. The lowest BCUT2D eigenvalue weighted by Crippen LogP contribution is -2.55. The first-order valence-electron chi connectivity index (χ1n) is 18.3. The SMILES string of the molecule is CC[C@@H]1C(=O)N(C)c2cnc(Cc3ccc(C(=O)CCCNc4cccc5c4CN(C4CCC(=O)NC4=O)C5=O)cc3OC)nc2N1C1CCCC1. The summed E-state index contributed by atoms with van der Waals surface area (Å²) >= 11 is 0. The van der Waals surface area contributed by atoms with E-state index in [4.69, 9.17) is 9.72 Å². The van der Waals surface area contributed by atoms with E-state index in [1.54, 1.807) is 43.5 Å². The minimum atomic E-state index is -0.675. The fourth-order valence-corrected chi connectivity index (χ4v) is 8.11. The quantitative estimate of drug-likeness (QED) is 0.157. The molecule has 3 aliphatic heterocycles. The van der Waals surface area contributed by atoms with Gasteiger partial charge in [-0.25, -0.2) is 9.97 Å². The van der Waals surface area contributed by atoms with Crippen LogP contribution in [0.2, 0.25) is 0 Å². The highest BCUT2D eigenvalue weighted by Crippen LogP contribution is 2.40. The molecular weight excluding hydrogens is 662 g/mol. The van der Waals surface area contributed by atoms with E-state index >= 15 is 0 Å².